The highest BCUT2D eigenvalue weighted by Gasteiger charge is 2.29. The summed E-state index contributed by atoms with van der Waals surface area (Å²) in [6.45, 7) is 6.59. The van der Waals surface area contributed by atoms with E-state index in [0.29, 0.717) is 6.54 Å². The highest BCUT2D eigenvalue weighted by atomic mass is 32.1. The minimum absolute atomic E-state index is 0.0131. The molecular weight excluding hydrogens is 374 g/mol. The number of aryl methyl sites for hydroxylation is 1. The maximum absolute atomic E-state index is 13.0. The Morgan fingerprint density at radius 3 is 2.57 bits per heavy atom. The van der Waals surface area contributed by atoms with E-state index in [4.69, 9.17) is 4.74 Å². The summed E-state index contributed by atoms with van der Waals surface area (Å²) in [6.07, 6.45) is 1.06. The lowest BCUT2D eigenvalue weighted by Gasteiger charge is -2.27. The van der Waals surface area contributed by atoms with Crippen LogP contribution in [0.25, 0.3) is 0 Å². The van der Waals surface area contributed by atoms with Crippen LogP contribution < -0.4 is 5.32 Å². The van der Waals surface area contributed by atoms with Crippen molar-refractivity contribution in [3.05, 3.63) is 52.0 Å². The summed E-state index contributed by atoms with van der Waals surface area (Å²) in [5, 5.41) is 5.78. The zero-order valence-corrected chi connectivity index (χ0v) is 17.8. The minimum Gasteiger partial charge on any atom is -0.445 e. The fourth-order valence-corrected chi connectivity index (χ4v) is 3.45. The van der Waals surface area contributed by atoms with Crippen LogP contribution in [-0.4, -0.2) is 35.0 Å². The molecule has 0 spiro atoms. The van der Waals surface area contributed by atoms with Gasteiger partial charge in [0.05, 0.1) is 17.2 Å². The molecule has 0 fully saturated rings. The largest absolute Gasteiger partial charge is 0.445 e. The van der Waals surface area contributed by atoms with Crippen molar-refractivity contribution < 1.29 is 14.3 Å². The van der Waals surface area contributed by atoms with Crippen molar-refractivity contribution in [1.29, 1.82) is 0 Å². The first kappa shape index (κ1) is 21.9. The predicted molar refractivity (Wildman–Crippen MR) is 111 cm³/mol. The number of hydrogen-bond acceptors (Lipinski definition) is 5. The number of alkyl carbamates (subject to hydrolysis) is 1. The van der Waals surface area contributed by atoms with E-state index in [1.807, 2.05) is 49.6 Å². The van der Waals surface area contributed by atoms with Crippen LogP contribution in [0, 0.1) is 5.92 Å². The highest BCUT2D eigenvalue weighted by Crippen LogP contribution is 2.15. The standard InChI is InChI=1S/C21H29N3O3S/c1-5-15(3)19(23-21(26)27-13-16-10-8-7-9-11-16)20(25)24(4)12-17-14-28-18(6-2)22-17/h7-11,14-15,19H,5-6,12-13H2,1-4H3,(H,23,26)/t15-,19-/m0/s1. The molecule has 2 rings (SSSR count). The Labute approximate surface area is 170 Å². The monoisotopic (exact) mass is 403 g/mol. The lowest BCUT2D eigenvalue weighted by Crippen LogP contribution is -2.50. The summed E-state index contributed by atoms with van der Waals surface area (Å²) in [7, 11) is 1.74. The Morgan fingerprint density at radius 1 is 1.25 bits per heavy atom. The lowest BCUT2D eigenvalue weighted by molar-refractivity contribution is -0.133. The number of rotatable bonds is 9. The number of aromatic nitrogens is 1. The van der Waals surface area contributed by atoms with Crippen LogP contribution in [0.2, 0.25) is 0 Å². The molecule has 0 aliphatic carbocycles. The number of thiazole rings is 1. The van der Waals surface area contributed by atoms with Crippen LogP contribution in [0.1, 0.15) is 43.5 Å². The van der Waals surface area contributed by atoms with E-state index in [0.717, 1.165) is 29.1 Å². The van der Waals surface area contributed by atoms with Gasteiger partial charge in [0.25, 0.3) is 0 Å². The zero-order valence-electron chi connectivity index (χ0n) is 17.0. The molecule has 1 aromatic carbocycles. The first-order chi connectivity index (χ1) is 13.4. The number of hydrogen-bond donors (Lipinski definition) is 1. The Bertz CT molecular complexity index is 763. The Morgan fingerprint density at radius 2 is 1.96 bits per heavy atom. The number of amides is 2. The van der Waals surface area contributed by atoms with Gasteiger partial charge in [0.15, 0.2) is 0 Å². The molecule has 1 N–H and O–H groups in total. The second-order valence-electron chi connectivity index (χ2n) is 6.85. The van der Waals surface area contributed by atoms with Gasteiger partial charge >= 0.3 is 6.09 Å². The molecule has 7 heteroatoms. The second kappa shape index (κ2) is 10.8. The third-order valence-corrected chi connectivity index (χ3v) is 5.68. The topological polar surface area (TPSA) is 71.5 Å². The third kappa shape index (κ3) is 6.34. The van der Waals surface area contributed by atoms with E-state index in [1.165, 1.54) is 0 Å². The number of nitrogens with one attached hydrogen (secondary N) is 1. The average molecular weight is 404 g/mol. The first-order valence-electron chi connectivity index (χ1n) is 9.60. The number of likely N-dealkylation sites (N-methyl/N-ethyl adjacent to an activating group) is 1. The summed E-state index contributed by atoms with van der Waals surface area (Å²) < 4.78 is 5.29. The second-order valence-corrected chi connectivity index (χ2v) is 7.79. The van der Waals surface area contributed by atoms with Gasteiger partial charge in [0.2, 0.25) is 5.91 Å². The summed E-state index contributed by atoms with van der Waals surface area (Å²) in [6, 6.07) is 8.82. The minimum atomic E-state index is -0.637. The number of ether oxygens (including phenoxy) is 1. The Kier molecular flexibility index (Phi) is 8.44. The number of nitrogens with zero attached hydrogens (tertiary/aromatic N) is 2. The van der Waals surface area contributed by atoms with E-state index < -0.39 is 12.1 Å². The molecule has 0 aliphatic rings. The van der Waals surface area contributed by atoms with Gasteiger partial charge in [0.1, 0.15) is 12.6 Å². The van der Waals surface area contributed by atoms with Crippen molar-refractivity contribution in [2.75, 3.05) is 7.05 Å². The maximum atomic E-state index is 13.0. The lowest BCUT2D eigenvalue weighted by atomic mass is 9.98. The molecule has 152 valence electrons. The van der Waals surface area contributed by atoms with Gasteiger partial charge in [-0.15, -0.1) is 11.3 Å². The van der Waals surface area contributed by atoms with Gasteiger partial charge in [-0.25, -0.2) is 9.78 Å². The normalized spacial score (nSPS) is 12.9. The maximum Gasteiger partial charge on any atom is 0.408 e. The van der Waals surface area contributed by atoms with Crippen molar-refractivity contribution in [1.82, 2.24) is 15.2 Å². The van der Waals surface area contributed by atoms with E-state index in [-0.39, 0.29) is 18.4 Å². The first-order valence-corrected chi connectivity index (χ1v) is 10.5. The van der Waals surface area contributed by atoms with E-state index in [2.05, 4.69) is 17.2 Å². The van der Waals surface area contributed by atoms with Crippen molar-refractivity contribution in [2.24, 2.45) is 5.92 Å². The summed E-state index contributed by atoms with van der Waals surface area (Å²) in [5.74, 6) is -0.155. The van der Waals surface area contributed by atoms with E-state index in [1.54, 1.807) is 23.3 Å². The van der Waals surface area contributed by atoms with Crippen LogP contribution >= 0.6 is 11.3 Å². The van der Waals surface area contributed by atoms with Crippen LogP contribution in [0.3, 0.4) is 0 Å². The van der Waals surface area contributed by atoms with Crippen molar-refractivity contribution in [3.8, 4) is 0 Å². The highest BCUT2D eigenvalue weighted by molar-refractivity contribution is 7.09. The number of carbonyl (C=O) groups is 2. The molecule has 2 amide bonds. The molecule has 6 nitrogen and oxygen atoms in total. The molecule has 28 heavy (non-hydrogen) atoms. The molecule has 0 radical (unpaired) electrons. The van der Waals surface area contributed by atoms with Gasteiger partial charge in [-0.2, -0.15) is 0 Å². The van der Waals surface area contributed by atoms with E-state index >= 15 is 0 Å². The Hall–Kier alpha value is -2.41. The number of carbonyl (C=O) groups excluding carboxylic acids is 2. The molecule has 0 saturated carbocycles. The zero-order chi connectivity index (χ0) is 20.5. The SMILES string of the molecule is CCc1nc(CN(C)C(=O)[C@@H](NC(=O)OCc2ccccc2)[C@@H](C)CC)cs1. The predicted octanol–water partition coefficient (Wildman–Crippen LogP) is 4.01. The number of benzene rings is 1. The van der Waals surface area contributed by atoms with Crippen molar-refractivity contribution in [3.63, 3.8) is 0 Å². The van der Waals surface area contributed by atoms with Gasteiger partial charge in [-0.05, 0) is 17.9 Å². The summed E-state index contributed by atoms with van der Waals surface area (Å²) >= 11 is 1.60. The molecule has 0 aliphatic heterocycles. The van der Waals surface area contributed by atoms with Crippen molar-refractivity contribution in [2.45, 2.75) is 52.8 Å². The van der Waals surface area contributed by atoms with Gasteiger partial charge in [-0.1, -0.05) is 57.5 Å². The molecule has 0 saturated heterocycles. The fraction of sp³-hybridized carbons (Fsp3) is 0.476. The Balaban J connectivity index is 1.96. The van der Waals surface area contributed by atoms with Gasteiger partial charge < -0.3 is 15.0 Å². The van der Waals surface area contributed by atoms with Gasteiger partial charge in [0, 0.05) is 12.4 Å². The quantitative estimate of drug-likeness (QED) is 0.687. The molecule has 2 atom stereocenters. The van der Waals surface area contributed by atoms with Crippen molar-refractivity contribution >= 4 is 23.3 Å². The third-order valence-electron chi connectivity index (χ3n) is 4.64. The molecular formula is C21H29N3O3S. The van der Waals surface area contributed by atoms with Crippen LogP contribution in [0.4, 0.5) is 4.79 Å². The fourth-order valence-electron chi connectivity index (χ4n) is 2.72. The molecule has 1 heterocycles. The van der Waals surface area contributed by atoms with E-state index in [9.17, 15) is 9.59 Å². The summed E-state index contributed by atoms with van der Waals surface area (Å²) in [5.41, 5.74) is 1.77. The van der Waals surface area contributed by atoms with Crippen LogP contribution in [-0.2, 0) is 29.1 Å². The van der Waals surface area contributed by atoms with Gasteiger partial charge in [-0.3, -0.25) is 4.79 Å². The average Bonchev–Trinajstić information content (AvgIpc) is 3.17. The smallest absolute Gasteiger partial charge is 0.408 e. The molecule has 0 bridgehead atoms. The van der Waals surface area contributed by atoms with Crippen LogP contribution in [0.5, 0.6) is 0 Å². The molecule has 0 unspecified atom stereocenters. The summed E-state index contributed by atoms with van der Waals surface area (Å²) in [4.78, 5) is 31.4. The van der Waals surface area contributed by atoms with Crippen LogP contribution in [0.15, 0.2) is 35.7 Å². The molecule has 2 aromatic rings. The molecule has 1 aromatic heterocycles.